The lowest BCUT2D eigenvalue weighted by Crippen LogP contribution is -2.53. The molecule has 1 unspecified atom stereocenters. The van der Waals surface area contributed by atoms with E-state index >= 15 is 0 Å². The Labute approximate surface area is 143 Å². The van der Waals surface area contributed by atoms with E-state index in [-0.39, 0.29) is 17.9 Å². The molecule has 6 nitrogen and oxygen atoms in total. The highest BCUT2D eigenvalue weighted by molar-refractivity contribution is 5.82. The summed E-state index contributed by atoms with van der Waals surface area (Å²) in [5, 5.41) is 0. The molecule has 0 bridgehead atoms. The summed E-state index contributed by atoms with van der Waals surface area (Å²) in [6.45, 7) is 7.23. The van der Waals surface area contributed by atoms with Crippen LogP contribution in [0.5, 0.6) is 0 Å². The van der Waals surface area contributed by atoms with Crippen LogP contribution in [0.4, 0.5) is 0 Å². The van der Waals surface area contributed by atoms with Crippen molar-refractivity contribution in [3.63, 3.8) is 0 Å². The maximum Gasteiger partial charge on any atom is 0.251 e. The molecule has 0 aromatic carbocycles. The first kappa shape index (κ1) is 17.0. The van der Waals surface area contributed by atoms with Gasteiger partial charge in [-0.25, -0.2) is 0 Å². The number of aryl methyl sites for hydroxylation is 1. The van der Waals surface area contributed by atoms with E-state index in [0.29, 0.717) is 39.2 Å². The number of aromatic nitrogens is 1. The number of hydrogen-bond acceptors (Lipinski definition) is 3. The molecule has 2 amide bonds. The molecule has 1 atom stereocenters. The smallest absolute Gasteiger partial charge is 0.251 e. The predicted octanol–water partition coefficient (Wildman–Crippen LogP) is 1.03. The molecule has 2 aliphatic rings. The van der Waals surface area contributed by atoms with Crippen LogP contribution in [-0.4, -0.2) is 65.1 Å². The third kappa shape index (κ3) is 3.34. The van der Waals surface area contributed by atoms with Gasteiger partial charge in [0, 0.05) is 51.2 Å². The molecule has 3 rings (SSSR count). The second-order valence-corrected chi connectivity index (χ2v) is 6.84. The molecule has 0 aliphatic carbocycles. The van der Waals surface area contributed by atoms with Crippen molar-refractivity contribution in [3.05, 3.63) is 23.0 Å². The van der Waals surface area contributed by atoms with Crippen LogP contribution in [0.15, 0.2) is 6.07 Å². The molecule has 24 heavy (non-hydrogen) atoms. The Morgan fingerprint density at radius 3 is 2.38 bits per heavy atom. The molecule has 2 aliphatic heterocycles. The molecule has 0 spiro atoms. The first-order chi connectivity index (χ1) is 11.5. The van der Waals surface area contributed by atoms with Gasteiger partial charge in [0.2, 0.25) is 5.91 Å². The Bertz CT molecular complexity index is 624. The van der Waals surface area contributed by atoms with Gasteiger partial charge in [0.25, 0.3) is 5.91 Å². The lowest BCUT2D eigenvalue weighted by atomic mass is 10.1. The molecule has 3 heterocycles. The van der Waals surface area contributed by atoms with E-state index in [1.54, 1.807) is 0 Å². The largest absolute Gasteiger partial charge is 0.368 e. The van der Waals surface area contributed by atoms with Gasteiger partial charge in [-0.2, -0.15) is 0 Å². The van der Waals surface area contributed by atoms with Gasteiger partial charge in [-0.15, -0.1) is 0 Å². The van der Waals surface area contributed by atoms with Gasteiger partial charge in [0.15, 0.2) is 0 Å². The van der Waals surface area contributed by atoms with Crippen LogP contribution in [-0.2, 0) is 27.8 Å². The van der Waals surface area contributed by atoms with Gasteiger partial charge >= 0.3 is 0 Å². The standard InChI is InChI=1S/C18H27N3O3/c1-13-11-15(14(2)19(13)3)12-17(22)20-6-8-21(9-7-20)18(23)16-5-4-10-24-16/h11,16H,4-10,12H2,1-3H3. The highest BCUT2D eigenvalue weighted by Crippen LogP contribution is 2.18. The van der Waals surface area contributed by atoms with Gasteiger partial charge in [0.05, 0.1) is 6.42 Å². The molecule has 0 saturated carbocycles. The van der Waals surface area contributed by atoms with Gasteiger partial charge in [-0.1, -0.05) is 0 Å². The van der Waals surface area contributed by atoms with Crippen LogP contribution in [0, 0.1) is 13.8 Å². The molecule has 0 N–H and O–H groups in total. The average molecular weight is 333 g/mol. The molecule has 132 valence electrons. The fourth-order valence-corrected chi connectivity index (χ4v) is 3.54. The number of amides is 2. The van der Waals surface area contributed by atoms with E-state index < -0.39 is 0 Å². The molecule has 0 radical (unpaired) electrons. The van der Waals surface area contributed by atoms with Crippen molar-refractivity contribution in [2.75, 3.05) is 32.8 Å². The minimum atomic E-state index is -0.262. The van der Waals surface area contributed by atoms with Crippen LogP contribution < -0.4 is 0 Å². The second kappa shape index (κ2) is 6.97. The summed E-state index contributed by atoms with van der Waals surface area (Å²) in [5.74, 6) is 0.238. The average Bonchev–Trinajstić information content (AvgIpc) is 3.20. The normalized spacial score (nSPS) is 21.4. The fraction of sp³-hybridized carbons (Fsp3) is 0.667. The van der Waals surface area contributed by atoms with Crippen LogP contribution in [0.1, 0.15) is 29.8 Å². The number of hydrogen-bond donors (Lipinski definition) is 0. The third-order valence-corrected chi connectivity index (χ3v) is 5.37. The summed E-state index contributed by atoms with van der Waals surface area (Å²) >= 11 is 0. The van der Waals surface area contributed by atoms with Crippen LogP contribution in [0.2, 0.25) is 0 Å². The number of rotatable bonds is 3. The van der Waals surface area contributed by atoms with E-state index in [1.165, 1.54) is 5.69 Å². The summed E-state index contributed by atoms with van der Waals surface area (Å²) in [4.78, 5) is 28.6. The van der Waals surface area contributed by atoms with Crippen molar-refractivity contribution < 1.29 is 14.3 Å². The highest BCUT2D eigenvalue weighted by atomic mass is 16.5. The van der Waals surface area contributed by atoms with Crippen molar-refractivity contribution in [3.8, 4) is 0 Å². The molecule has 6 heteroatoms. The monoisotopic (exact) mass is 333 g/mol. The van der Waals surface area contributed by atoms with Crippen molar-refractivity contribution in [2.24, 2.45) is 7.05 Å². The Hall–Kier alpha value is -1.82. The van der Waals surface area contributed by atoms with E-state index in [1.807, 2.05) is 23.8 Å². The number of nitrogens with zero attached hydrogens (tertiary/aromatic N) is 3. The minimum absolute atomic E-state index is 0.0918. The highest BCUT2D eigenvalue weighted by Gasteiger charge is 2.31. The first-order valence-electron chi connectivity index (χ1n) is 8.77. The number of ether oxygens (including phenoxy) is 1. The summed E-state index contributed by atoms with van der Waals surface area (Å²) in [6, 6.07) is 2.09. The molecule has 2 fully saturated rings. The zero-order chi connectivity index (χ0) is 17.3. The van der Waals surface area contributed by atoms with Gasteiger partial charge in [-0.3, -0.25) is 9.59 Å². The zero-order valence-electron chi connectivity index (χ0n) is 14.9. The van der Waals surface area contributed by atoms with E-state index in [0.717, 1.165) is 24.1 Å². The number of piperazine rings is 1. The van der Waals surface area contributed by atoms with Crippen molar-refractivity contribution >= 4 is 11.8 Å². The maximum absolute atomic E-state index is 12.6. The predicted molar refractivity (Wildman–Crippen MR) is 90.7 cm³/mol. The second-order valence-electron chi connectivity index (χ2n) is 6.84. The molecular weight excluding hydrogens is 306 g/mol. The number of carbonyl (C=O) groups excluding carboxylic acids is 2. The first-order valence-corrected chi connectivity index (χ1v) is 8.77. The SMILES string of the molecule is Cc1cc(CC(=O)N2CCN(C(=O)C3CCCO3)CC2)c(C)n1C. The Morgan fingerprint density at radius 2 is 1.83 bits per heavy atom. The number of carbonyl (C=O) groups is 2. The van der Waals surface area contributed by atoms with Crippen LogP contribution in [0.3, 0.4) is 0 Å². The Kier molecular flexibility index (Phi) is 4.94. The fourth-order valence-electron chi connectivity index (χ4n) is 3.54. The lowest BCUT2D eigenvalue weighted by molar-refractivity contribution is -0.145. The summed E-state index contributed by atoms with van der Waals surface area (Å²) < 4.78 is 7.59. The van der Waals surface area contributed by atoms with Gasteiger partial charge < -0.3 is 19.1 Å². The van der Waals surface area contributed by atoms with Crippen molar-refractivity contribution in [1.82, 2.24) is 14.4 Å². The zero-order valence-corrected chi connectivity index (χ0v) is 14.9. The summed E-state index contributed by atoms with van der Waals surface area (Å²) in [5.41, 5.74) is 3.41. The maximum atomic E-state index is 12.6. The molecule has 1 aromatic heterocycles. The lowest BCUT2D eigenvalue weighted by Gasteiger charge is -2.35. The topological polar surface area (TPSA) is 54.8 Å². The van der Waals surface area contributed by atoms with Gasteiger partial charge in [0.1, 0.15) is 6.10 Å². The summed E-state index contributed by atoms with van der Waals surface area (Å²) in [7, 11) is 2.02. The van der Waals surface area contributed by atoms with Crippen molar-refractivity contribution in [2.45, 2.75) is 39.2 Å². The third-order valence-electron chi connectivity index (χ3n) is 5.37. The quantitative estimate of drug-likeness (QED) is 0.830. The minimum Gasteiger partial charge on any atom is -0.368 e. The van der Waals surface area contributed by atoms with E-state index in [2.05, 4.69) is 17.6 Å². The molecule has 1 aromatic rings. The van der Waals surface area contributed by atoms with E-state index in [9.17, 15) is 9.59 Å². The van der Waals surface area contributed by atoms with Gasteiger partial charge in [-0.05, 0) is 38.3 Å². The summed E-state index contributed by atoms with van der Waals surface area (Å²) in [6.07, 6.45) is 1.96. The Morgan fingerprint density at radius 1 is 1.17 bits per heavy atom. The molecular formula is C18H27N3O3. The van der Waals surface area contributed by atoms with E-state index in [4.69, 9.17) is 4.74 Å². The molecule has 2 saturated heterocycles. The van der Waals surface area contributed by atoms with Crippen LogP contribution >= 0.6 is 0 Å². The van der Waals surface area contributed by atoms with Crippen LogP contribution in [0.25, 0.3) is 0 Å². The van der Waals surface area contributed by atoms with Crippen molar-refractivity contribution in [1.29, 1.82) is 0 Å². The Balaban J connectivity index is 1.53.